The topological polar surface area (TPSA) is 73.8 Å². The second-order valence-corrected chi connectivity index (χ2v) is 5.54. The number of rotatable bonds is 5. The lowest BCUT2D eigenvalue weighted by molar-refractivity contribution is -0.121. The van der Waals surface area contributed by atoms with Crippen molar-refractivity contribution in [3.05, 3.63) is 11.9 Å². The maximum Gasteiger partial charge on any atom is 0.139 e. The molecular weight excluding hydrogens is 228 g/mol. The van der Waals surface area contributed by atoms with Gasteiger partial charge in [0.05, 0.1) is 12.1 Å². The molecule has 5 heteroatoms. The maximum atomic E-state index is 12.1. The fourth-order valence-corrected chi connectivity index (χ4v) is 2.91. The standard InChI is InChI=1S/C13H22N4O/c1-17-9-11(15-16-17)7-12(18)8-13(10-14)5-3-2-4-6-13/h9H,2-8,10,14H2,1H3. The minimum Gasteiger partial charge on any atom is -0.330 e. The van der Waals surface area contributed by atoms with Gasteiger partial charge in [-0.2, -0.15) is 0 Å². The molecule has 1 heterocycles. The van der Waals surface area contributed by atoms with E-state index in [0.717, 1.165) is 18.5 Å². The van der Waals surface area contributed by atoms with E-state index in [0.29, 0.717) is 19.4 Å². The first-order valence-corrected chi connectivity index (χ1v) is 6.70. The number of ketones is 1. The van der Waals surface area contributed by atoms with Crippen molar-refractivity contribution >= 4 is 5.78 Å². The molecule has 0 atom stereocenters. The normalized spacial score (nSPS) is 18.8. The van der Waals surface area contributed by atoms with E-state index < -0.39 is 0 Å². The third-order valence-electron chi connectivity index (χ3n) is 3.95. The van der Waals surface area contributed by atoms with Gasteiger partial charge in [-0.25, -0.2) is 0 Å². The zero-order valence-electron chi connectivity index (χ0n) is 11.1. The van der Waals surface area contributed by atoms with Crippen LogP contribution in [0.4, 0.5) is 0 Å². The van der Waals surface area contributed by atoms with Gasteiger partial charge in [0.2, 0.25) is 0 Å². The van der Waals surface area contributed by atoms with E-state index in [-0.39, 0.29) is 11.2 Å². The Labute approximate surface area is 108 Å². The van der Waals surface area contributed by atoms with Crippen LogP contribution in [0.3, 0.4) is 0 Å². The summed E-state index contributed by atoms with van der Waals surface area (Å²) in [5.41, 5.74) is 6.71. The number of aromatic nitrogens is 3. The molecule has 0 aliphatic heterocycles. The van der Waals surface area contributed by atoms with Crippen molar-refractivity contribution in [1.82, 2.24) is 15.0 Å². The lowest BCUT2D eigenvalue weighted by Crippen LogP contribution is -2.35. The van der Waals surface area contributed by atoms with Gasteiger partial charge in [-0.3, -0.25) is 9.48 Å². The highest BCUT2D eigenvalue weighted by Crippen LogP contribution is 2.38. The summed E-state index contributed by atoms with van der Waals surface area (Å²) >= 11 is 0. The maximum absolute atomic E-state index is 12.1. The number of nitrogens with two attached hydrogens (primary N) is 1. The van der Waals surface area contributed by atoms with E-state index in [2.05, 4.69) is 10.3 Å². The van der Waals surface area contributed by atoms with Gasteiger partial charge in [0, 0.05) is 19.7 Å². The van der Waals surface area contributed by atoms with Gasteiger partial charge in [0.1, 0.15) is 5.78 Å². The van der Waals surface area contributed by atoms with Crippen LogP contribution in [0.1, 0.15) is 44.2 Å². The SMILES string of the molecule is Cn1cc(CC(=O)CC2(CN)CCCCC2)nn1. The molecule has 0 amide bonds. The van der Waals surface area contributed by atoms with Gasteiger partial charge in [-0.1, -0.05) is 24.5 Å². The highest BCUT2D eigenvalue weighted by atomic mass is 16.1. The molecule has 100 valence electrons. The molecule has 2 N–H and O–H groups in total. The predicted octanol–water partition coefficient (Wildman–Crippen LogP) is 1.23. The molecule has 0 saturated heterocycles. The van der Waals surface area contributed by atoms with Crippen LogP contribution in [-0.2, 0) is 18.3 Å². The van der Waals surface area contributed by atoms with Crippen LogP contribution in [0.5, 0.6) is 0 Å². The quantitative estimate of drug-likeness (QED) is 0.853. The summed E-state index contributed by atoms with van der Waals surface area (Å²) in [7, 11) is 1.81. The average Bonchev–Trinajstić information content (AvgIpc) is 2.75. The Hall–Kier alpha value is -1.23. The Balaban J connectivity index is 1.93. The molecule has 1 aliphatic carbocycles. The van der Waals surface area contributed by atoms with Gasteiger partial charge < -0.3 is 5.73 Å². The van der Waals surface area contributed by atoms with Crippen molar-refractivity contribution in [2.75, 3.05) is 6.54 Å². The highest BCUT2D eigenvalue weighted by Gasteiger charge is 2.32. The molecule has 0 aromatic carbocycles. The van der Waals surface area contributed by atoms with Gasteiger partial charge >= 0.3 is 0 Å². The van der Waals surface area contributed by atoms with Gasteiger partial charge in [0.15, 0.2) is 0 Å². The molecule has 0 radical (unpaired) electrons. The van der Waals surface area contributed by atoms with Crippen molar-refractivity contribution in [1.29, 1.82) is 0 Å². The molecule has 1 fully saturated rings. The van der Waals surface area contributed by atoms with Gasteiger partial charge in [-0.05, 0) is 24.8 Å². The van der Waals surface area contributed by atoms with E-state index >= 15 is 0 Å². The van der Waals surface area contributed by atoms with Crippen molar-refractivity contribution in [2.45, 2.75) is 44.9 Å². The Bertz CT molecular complexity index is 407. The molecule has 0 spiro atoms. The summed E-state index contributed by atoms with van der Waals surface area (Å²) in [6, 6.07) is 0. The van der Waals surface area contributed by atoms with Crippen LogP contribution in [0.25, 0.3) is 0 Å². The Morgan fingerprint density at radius 1 is 1.44 bits per heavy atom. The second-order valence-electron chi connectivity index (χ2n) is 5.54. The van der Waals surface area contributed by atoms with Crippen molar-refractivity contribution in [2.24, 2.45) is 18.2 Å². The molecule has 0 unspecified atom stereocenters. The Kier molecular flexibility index (Phi) is 4.11. The highest BCUT2D eigenvalue weighted by molar-refractivity contribution is 5.81. The lowest BCUT2D eigenvalue weighted by Gasteiger charge is -2.35. The number of hydrogen-bond donors (Lipinski definition) is 1. The summed E-state index contributed by atoms with van der Waals surface area (Å²) in [4.78, 5) is 12.1. The van der Waals surface area contributed by atoms with Crippen molar-refractivity contribution in [3.63, 3.8) is 0 Å². The first kappa shape index (κ1) is 13.2. The fourth-order valence-electron chi connectivity index (χ4n) is 2.91. The number of Topliss-reactive ketones (excluding diaryl/α,β-unsaturated/α-hetero) is 1. The third-order valence-corrected chi connectivity index (χ3v) is 3.95. The van der Waals surface area contributed by atoms with Crippen LogP contribution in [0.2, 0.25) is 0 Å². The van der Waals surface area contributed by atoms with E-state index in [1.165, 1.54) is 19.3 Å². The molecular formula is C13H22N4O. The van der Waals surface area contributed by atoms with E-state index in [1.54, 1.807) is 10.9 Å². The van der Waals surface area contributed by atoms with E-state index in [4.69, 9.17) is 5.73 Å². The smallest absolute Gasteiger partial charge is 0.139 e. The van der Waals surface area contributed by atoms with Gasteiger partial charge in [0.25, 0.3) is 0 Å². The first-order chi connectivity index (χ1) is 8.63. The molecule has 1 aromatic heterocycles. The summed E-state index contributed by atoms with van der Waals surface area (Å²) in [5, 5.41) is 7.80. The van der Waals surface area contributed by atoms with Crippen molar-refractivity contribution in [3.8, 4) is 0 Å². The van der Waals surface area contributed by atoms with Crippen LogP contribution in [0.15, 0.2) is 6.20 Å². The van der Waals surface area contributed by atoms with Gasteiger partial charge in [-0.15, -0.1) is 5.10 Å². The first-order valence-electron chi connectivity index (χ1n) is 6.70. The van der Waals surface area contributed by atoms with E-state index in [9.17, 15) is 4.79 Å². The van der Waals surface area contributed by atoms with Crippen LogP contribution in [-0.4, -0.2) is 27.3 Å². The monoisotopic (exact) mass is 250 g/mol. The average molecular weight is 250 g/mol. The molecule has 2 rings (SSSR count). The summed E-state index contributed by atoms with van der Waals surface area (Å²) in [6.07, 6.45) is 8.65. The molecule has 5 nitrogen and oxygen atoms in total. The minimum absolute atomic E-state index is 0.0531. The fraction of sp³-hybridized carbons (Fsp3) is 0.769. The molecule has 1 aliphatic rings. The molecule has 1 saturated carbocycles. The molecule has 0 bridgehead atoms. The summed E-state index contributed by atoms with van der Waals surface area (Å²) in [6.45, 7) is 0.624. The third kappa shape index (κ3) is 3.16. The number of hydrogen-bond acceptors (Lipinski definition) is 4. The Morgan fingerprint density at radius 2 is 2.17 bits per heavy atom. The van der Waals surface area contributed by atoms with Crippen LogP contribution >= 0.6 is 0 Å². The molecule has 18 heavy (non-hydrogen) atoms. The van der Waals surface area contributed by atoms with E-state index in [1.807, 2.05) is 7.05 Å². The number of nitrogens with zero attached hydrogens (tertiary/aromatic N) is 3. The largest absolute Gasteiger partial charge is 0.330 e. The zero-order valence-corrected chi connectivity index (χ0v) is 11.1. The zero-order chi connectivity index (χ0) is 13.0. The lowest BCUT2D eigenvalue weighted by atomic mass is 9.70. The summed E-state index contributed by atoms with van der Waals surface area (Å²) < 4.78 is 1.63. The number of carbonyl (C=O) groups excluding carboxylic acids is 1. The second kappa shape index (κ2) is 5.61. The molecule has 1 aromatic rings. The number of carbonyl (C=O) groups is 1. The predicted molar refractivity (Wildman–Crippen MR) is 68.9 cm³/mol. The van der Waals surface area contributed by atoms with Crippen molar-refractivity contribution < 1.29 is 4.79 Å². The Morgan fingerprint density at radius 3 is 2.72 bits per heavy atom. The summed E-state index contributed by atoms with van der Waals surface area (Å²) in [5.74, 6) is 0.239. The minimum atomic E-state index is 0.0531. The van der Waals surface area contributed by atoms with Crippen LogP contribution in [0, 0.1) is 5.41 Å². The van der Waals surface area contributed by atoms with Crippen LogP contribution < -0.4 is 5.73 Å². The number of aryl methyl sites for hydroxylation is 1.